The van der Waals surface area contributed by atoms with Crippen molar-refractivity contribution in [2.24, 2.45) is 56.7 Å². The molecular formula is C36H59NO7. The van der Waals surface area contributed by atoms with E-state index in [-0.39, 0.29) is 39.6 Å². The smallest absolute Gasteiger partial charge is 0.228 e. The number of amides is 1. The maximum Gasteiger partial charge on any atom is 0.228 e. The Labute approximate surface area is 264 Å². The predicted molar refractivity (Wildman–Crippen MR) is 167 cm³/mol. The molecule has 44 heavy (non-hydrogen) atoms. The monoisotopic (exact) mass is 617 g/mol. The van der Waals surface area contributed by atoms with Gasteiger partial charge in [-0.15, -0.1) is 0 Å². The average molecular weight is 618 g/mol. The Morgan fingerprint density at radius 1 is 0.886 bits per heavy atom. The van der Waals surface area contributed by atoms with E-state index in [0.717, 1.165) is 57.8 Å². The molecule has 8 nitrogen and oxygen atoms in total. The van der Waals surface area contributed by atoms with Gasteiger partial charge in [0, 0.05) is 0 Å². The minimum Gasteiger partial charge on any atom is -0.394 e. The van der Waals surface area contributed by atoms with Crippen molar-refractivity contribution in [1.82, 2.24) is 5.32 Å². The van der Waals surface area contributed by atoms with Gasteiger partial charge in [0.15, 0.2) is 6.23 Å². The number of nitrogens with one attached hydrogen (secondary N) is 1. The maximum absolute atomic E-state index is 14.5. The van der Waals surface area contributed by atoms with Crippen molar-refractivity contribution >= 4 is 5.91 Å². The molecule has 0 aromatic heterocycles. The number of hydrogen-bond acceptors (Lipinski definition) is 7. The molecule has 1 saturated heterocycles. The summed E-state index contributed by atoms with van der Waals surface area (Å²) in [4.78, 5) is 14.5. The van der Waals surface area contributed by atoms with Gasteiger partial charge in [0.2, 0.25) is 5.91 Å². The van der Waals surface area contributed by atoms with Crippen LogP contribution in [0.15, 0.2) is 11.6 Å². The lowest BCUT2D eigenvalue weighted by atomic mass is 9.33. The second-order valence-electron chi connectivity index (χ2n) is 17.4. The number of aliphatic hydroxyl groups excluding tert-OH is 5. The van der Waals surface area contributed by atoms with Crippen molar-refractivity contribution in [1.29, 1.82) is 0 Å². The molecule has 0 aromatic rings. The molecule has 8 heteroatoms. The van der Waals surface area contributed by atoms with Crippen LogP contribution in [0.2, 0.25) is 0 Å². The van der Waals surface area contributed by atoms with Crippen LogP contribution in [0.1, 0.15) is 106 Å². The van der Waals surface area contributed by atoms with Crippen LogP contribution in [-0.4, -0.2) is 74.8 Å². The fraction of sp³-hybridized carbons (Fsp3) is 0.917. The van der Waals surface area contributed by atoms with Gasteiger partial charge in [-0.25, -0.2) is 0 Å². The third kappa shape index (κ3) is 4.26. The van der Waals surface area contributed by atoms with Crippen molar-refractivity contribution < 1.29 is 35.1 Å². The minimum absolute atomic E-state index is 0.0486. The van der Waals surface area contributed by atoms with Gasteiger partial charge in [-0.3, -0.25) is 4.79 Å². The average Bonchev–Trinajstić information content (AvgIpc) is 2.97. The van der Waals surface area contributed by atoms with Crippen molar-refractivity contribution in [3.8, 4) is 0 Å². The van der Waals surface area contributed by atoms with Crippen LogP contribution in [0.3, 0.4) is 0 Å². The lowest BCUT2D eigenvalue weighted by molar-refractivity contribution is -0.238. The Morgan fingerprint density at radius 3 is 2.27 bits per heavy atom. The molecule has 1 heterocycles. The van der Waals surface area contributed by atoms with Gasteiger partial charge in [-0.2, -0.15) is 0 Å². The fourth-order valence-corrected chi connectivity index (χ4v) is 12.4. The van der Waals surface area contributed by atoms with Crippen molar-refractivity contribution in [2.45, 2.75) is 143 Å². The van der Waals surface area contributed by atoms with Gasteiger partial charge in [0.25, 0.3) is 0 Å². The number of allylic oxidation sites excluding steroid dienone is 2. The van der Waals surface area contributed by atoms with Crippen LogP contribution < -0.4 is 5.32 Å². The Morgan fingerprint density at radius 2 is 1.59 bits per heavy atom. The Kier molecular flexibility index (Phi) is 8.03. The number of fused-ring (bicyclic) bond motifs is 7. The summed E-state index contributed by atoms with van der Waals surface area (Å²) < 4.78 is 5.74. The molecule has 0 bridgehead atoms. The zero-order valence-corrected chi connectivity index (χ0v) is 28.1. The maximum atomic E-state index is 14.5. The molecule has 6 N–H and O–H groups in total. The lowest BCUT2D eigenvalue weighted by Gasteiger charge is -2.71. The molecular weight excluding hydrogens is 558 g/mol. The van der Waals surface area contributed by atoms with Crippen LogP contribution in [-0.2, 0) is 9.53 Å². The highest BCUT2D eigenvalue weighted by Crippen LogP contribution is 2.75. The van der Waals surface area contributed by atoms with Gasteiger partial charge in [-0.05, 0) is 109 Å². The molecule has 0 aromatic carbocycles. The molecule has 1 aliphatic heterocycles. The van der Waals surface area contributed by atoms with Crippen molar-refractivity contribution in [3.05, 3.63) is 11.6 Å². The summed E-state index contributed by atoms with van der Waals surface area (Å²) in [7, 11) is 0. The van der Waals surface area contributed by atoms with E-state index in [1.807, 2.05) is 0 Å². The van der Waals surface area contributed by atoms with E-state index < -0.39 is 42.7 Å². The summed E-state index contributed by atoms with van der Waals surface area (Å²) in [5, 5.41) is 55.2. The van der Waals surface area contributed by atoms with Gasteiger partial charge in [-0.1, -0.05) is 60.1 Å². The molecule has 15 atom stereocenters. The molecule has 250 valence electrons. The van der Waals surface area contributed by atoms with Crippen LogP contribution >= 0.6 is 0 Å². The Balaban J connectivity index is 1.36. The number of ether oxygens (including phenoxy) is 1. The van der Waals surface area contributed by atoms with Gasteiger partial charge < -0.3 is 35.6 Å². The highest BCUT2D eigenvalue weighted by Gasteiger charge is 2.69. The zero-order valence-electron chi connectivity index (χ0n) is 28.1. The number of aliphatic hydroxyl groups is 5. The fourth-order valence-electron chi connectivity index (χ4n) is 12.4. The van der Waals surface area contributed by atoms with E-state index in [9.17, 15) is 30.3 Å². The summed E-state index contributed by atoms with van der Waals surface area (Å²) in [5.41, 5.74) is 0.881. The standard InChI is InChI=1S/C36H59NO7/c1-19-10-15-36(31(43)37-30-29(42)28(41)27(40)22(18-38)44-30)17-16-34(6)21(26(36)20(19)2)8-9-24-33(5)13-12-25(39)32(3,4)23(33)11-14-35(24,34)7/h8,19-20,22-30,38-42H,9-18H2,1-7H3,(H,37,43)/t19-,20+,22?,23?,24?,25+,26?,27-,28-,29?,30+,33+,34-,35-,36+/m1/s1. The predicted octanol–water partition coefficient (Wildman–Crippen LogP) is 3.92. The molecule has 5 fully saturated rings. The minimum atomic E-state index is -1.53. The summed E-state index contributed by atoms with van der Waals surface area (Å²) in [6, 6.07) is 0. The van der Waals surface area contributed by atoms with E-state index in [1.54, 1.807) is 0 Å². The highest BCUT2D eigenvalue weighted by atomic mass is 16.6. The molecule has 0 radical (unpaired) electrons. The summed E-state index contributed by atoms with van der Waals surface area (Å²) in [6.07, 6.45) is 4.06. The zero-order chi connectivity index (χ0) is 32.2. The Bertz CT molecular complexity index is 1170. The van der Waals surface area contributed by atoms with Crippen LogP contribution in [0, 0.1) is 56.7 Å². The first-order chi connectivity index (χ1) is 20.5. The van der Waals surface area contributed by atoms with Crippen LogP contribution in [0.5, 0.6) is 0 Å². The number of hydrogen-bond donors (Lipinski definition) is 6. The number of rotatable bonds is 3. The summed E-state index contributed by atoms with van der Waals surface area (Å²) >= 11 is 0. The Hall–Kier alpha value is -1.03. The van der Waals surface area contributed by atoms with Crippen molar-refractivity contribution in [3.63, 3.8) is 0 Å². The van der Waals surface area contributed by atoms with Crippen LogP contribution in [0.25, 0.3) is 0 Å². The quantitative estimate of drug-likeness (QED) is 0.264. The number of carbonyl (C=O) groups excluding carboxylic acids is 1. The largest absolute Gasteiger partial charge is 0.394 e. The molecule has 5 unspecified atom stereocenters. The highest BCUT2D eigenvalue weighted by molar-refractivity contribution is 5.84. The van der Waals surface area contributed by atoms with E-state index >= 15 is 0 Å². The molecule has 6 rings (SSSR count). The molecule has 1 amide bonds. The van der Waals surface area contributed by atoms with E-state index in [0.29, 0.717) is 23.7 Å². The van der Waals surface area contributed by atoms with Gasteiger partial charge >= 0.3 is 0 Å². The molecule has 0 spiro atoms. The van der Waals surface area contributed by atoms with E-state index in [4.69, 9.17) is 4.74 Å². The summed E-state index contributed by atoms with van der Waals surface area (Å²) in [6.45, 7) is 16.2. The van der Waals surface area contributed by atoms with Gasteiger partial charge in [0.1, 0.15) is 24.4 Å². The second-order valence-corrected chi connectivity index (χ2v) is 17.4. The van der Waals surface area contributed by atoms with Crippen LogP contribution in [0.4, 0.5) is 0 Å². The molecule has 4 saturated carbocycles. The summed E-state index contributed by atoms with van der Waals surface area (Å²) in [5.74, 6) is 1.67. The van der Waals surface area contributed by atoms with Crippen molar-refractivity contribution in [2.75, 3.05) is 6.61 Å². The third-order valence-corrected chi connectivity index (χ3v) is 15.6. The molecule has 6 aliphatic rings. The SMILES string of the molecule is C[C@@H]1CC[C@]2(C(=O)N[C@H]3OC(CO)[C@@H](O)[C@@H](O)C3O)CC[C@]3(C)C(=CCC4[C@@]5(C)CC[C@H](O)C(C)(C)C5CC[C@]43C)C2[C@H]1C. The molecule has 5 aliphatic carbocycles. The number of carbonyl (C=O) groups is 1. The van der Waals surface area contributed by atoms with E-state index in [2.05, 4.69) is 59.9 Å². The normalized spacial score (nSPS) is 55.0. The first-order valence-corrected chi connectivity index (χ1v) is 17.5. The van der Waals surface area contributed by atoms with Gasteiger partial charge in [0.05, 0.1) is 18.1 Å². The topological polar surface area (TPSA) is 139 Å². The first kappa shape index (κ1) is 32.9. The first-order valence-electron chi connectivity index (χ1n) is 17.5. The lowest BCUT2D eigenvalue weighted by Crippen LogP contribution is -2.68. The second kappa shape index (κ2) is 10.7. The van der Waals surface area contributed by atoms with E-state index in [1.165, 1.54) is 5.57 Å². The third-order valence-electron chi connectivity index (χ3n) is 15.6.